The van der Waals surface area contributed by atoms with E-state index in [1.165, 1.54) is 4.90 Å². The number of hydrogen-bond donors (Lipinski definition) is 2. The van der Waals surface area contributed by atoms with Gasteiger partial charge in [-0.25, -0.2) is 4.79 Å². The lowest BCUT2D eigenvalue weighted by Gasteiger charge is -2.33. The SMILES string of the molecule is CC(C)[C@@H](C(N)=O)N(CCCN)C(=O)OC(C)(C)C. The molecule has 0 saturated carbocycles. The molecule has 1 atom stereocenters. The summed E-state index contributed by atoms with van der Waals surface area (Å²) in [7, 11) is 0. The number of carbonyl (C=O) groups is 2. The molecular formula is C13H27N3O3. The summed E-state index contributed by atoms with van der Waals surface area (Å²) in [6, 6.07) is -0.679. The highest BCUT2D eigenvalue weighted by Crippen LogP contribution is 2.16. The predicted octanol–water partition coefficient (Wildman–Crippen LogP) is 1.08. The van der Waals surface area contributed by atoms with Crippen LogP contribution in [-0.2, 0) is 9.53 Å². The van der Waals surface area contributed by atoms with Gasteiger partial charge in [0.25, 0.3) is 0 Å². The van der Waals surface area contributed by atoms with Gasteiger partial charge >= 0.3 is 6.09 Å². The molecule has 0 aliphatic heterocycles. The number of nitrogens with two attached hydrogens (primary N) is 2. The Labute approximate surface area is 115 Å². The molecule has 0 saturated heterocycles. The van der Waals surface area contributed by atoms with Crippen LogP contribution in [0, 0.1) is 5.92 Å². The van der Waals surface area contributed by atoms with Crippen molar-refractivity contribution >= 4 is 12.0 Å². The molecule has 19 heavy (non-hydrogen) atoms. The first-order chi connectivity index (χ1) is 8.60. The van der Waals surface area contributed by atoms with Crippen molar-refractivity contribution in [3.05, 3.63) is 0 Å². The maximum Gasteiger partial charge on any atom is 0.410 e. The monoisotopic (exact) mass is 273 g/mol. The maximum atomic E-state index is 12.2. The minimum absolute atomic E-state index is 0.0807. The third kappa shape index (κ3) is 6.42. The Balaban J connectivity index is 5.06. The van der Waals surface area contributed by atoms with Crippen LogP contribution < -0.4 is 11.5 Å². The molecule has 0 spiro atoms. The van der Waals surface area contributed by atoms with E-state index in [1.54, 1.807) is 20.8 Å². The van der Waals surface area contributed by atoms with E-state index in [1.807, 2.05) is 13.8 Å². The minimum atomic E-state index is -0.679. The van der Waals surface area contributed by atoms with Gasteiger partial charge in [-0.2, -0.15) is 0 Å². The van der Waals surface area contributed by atoms with E-state index in [4.69, 9.17) is 16.2 Å². The molecule has 0 aliphatic rings. The summed E-state index contributed by atoms with van der Waals surface area (Å²) in [5.41, 5.74) is 10.2. The molecule has 0 radical (unpaired) electrons. The molecule has 0 rings (SSSR count). The summed E-state index contributed by atoms with van der Waals surface area (Å²) in [6.07, 6.45) is 0.0638. The van der Waals surface area contributed by atoms with E-state index >= 15 is 0 Å². The number of rotatable bonds is 6. The molecule has 0 aromatic rings. The van der Waals surface area contributed by atoms with E-state index in [9.17, 15) is 9.59 Å². The van der Waals surface area contributed by atoms with Crippen LogP contribution in [0.25, 0.3) is 0 Å². The fourth-order valence-corrected chi connectivity index (χ4v) is 1.77. The van der Waals surface area contributed by atoms with Gasteiger partial charge in [-0.1, -0.05) is 13.8 Å². The standard InChI is InChI=1S/C13H27N3O3/c1-9(2)10(11(15)17)16(8-6-7-14)12(18)19-13(3,4)5/h9-10H,6-8,14H2,1-5H3,(H2,15,17)/t10-/m0/s1. The van der Waals surface area contributed by atoms with Crippen LogP contribution in [0.1, 0.15) is 41.0 Å². The van der Waals surface area contributed by atoms with Gasteiger partial charge in [0.2, 0.25) is 5.91 Å². The zero-order valence-electron chi connectivity index (χ0n) is 12.6. The normalized spacial score (nSPS) is 13.2. The Morgan fingerprint density at radius 3 is 2.11 bits per heavy atom. The second-order valence-corrected chi connectivity index (χ2v) is 5.91. The van der Waals surface area contributed by atoms with Crippen LogP contribution in [0.2, 0.25) is 0 Å². The molecule has 6 heteroatoms. The molecule has 0 fully saturated rings. The van der Waals surface area contributed by atoms with Crippen molar-refractivity contribution < 1.29 is 14.3 Å². The number of carbonyl (C=O) groups excluding carboxylic acids is 2. The highest BCUT2D eigenvalue weighted by Gasteiger charge is 2.33. The quantitative estimate of drug-likeness (QED) is 0.756. The van der Waals surface area contributed by atoms with Gasteiger partial charge in [0.05, 0.1) is 0 Å². The van der Waals surface area contributed by atoms with Gasteiger partial charge < -0.3 is 16.2 Å². The largest absolute Gasteiger partial charge is 0.444 e. The van der Waals surface area contributed by atoms with Crippen molar-refractivity contribution in [2.24, 2.45) is 17.4 Å². The first-order valence-electron chi connectivity index (χ1n) is 6.59. The van der Waals surface area contributed by atoms with Crippen molar-refractivity contribution in [3.63, 3.8) is 0 Å². The van der Waals surface area contributed by atoms with Crippen LogP contribution in [-0.4, -0.2) is 41.6 Å². The molecule has 4 N–H and O–H groups in total. The first-order valence-corrected chi connectivity index (χ1v) is 6.59. The third-order valence-corrected chi connectivity index (χ3v) is 2.49. The Kier molecular flexibility index (Phi) is 6.83. The summed E-state index contributed by atoms with van der Waals surface area (Å²) < 4.78 is 5.32. The fraction of sp³-hybridized carbons (Fsp3) is 0.846. The molecule has 0 heterocycles. The molecule has 0 aromatic heterocycles. The van der Waals surface area contributed by atoms with E-state index < -0.39 is 23.6 Å². The van der Waals surface area contributed by atoms with Crippen molar-refractivity contribution in [2.45, 2.75) is 52.7 Å². The molecule has 6 nitrogen and oxygen atoms in total. The van der Waals surface area contributed by atoms with Crippen molar-refractivity contribution in [1.29, 1.82) is 0 Å². The predicted molar refractivity (Wildman–Crippen MR) is 74.4 cm³/mol. The highest BCUT2D eigenvalue weighted by molar-refractivity contribution is 5.84. The van der Waals surface area contributed by atoms with Gasteiger partial charge in [-0.05, 0) is 39.7 Å². The number of ether oxygens (including phenoxy) is 1. The third-order valence-electron chi connectivity index (χ3n) is 2.49. The van der Waals surface area contributed by atoms with Crippen LogP contribution in [0.3, 0.4) is 0 Å². The lowest BCUT2D eigenvalue weighted by atomic mass is 10.0. The molecule has 0 bridgehead atoms. The summed E-state index contributed by atoms with van der Waals surface area (Å²) in [5, 5.41) is 0. The van der Waals surface area contributed by atoms with Crippen molar-refractivity contribution in [2.75, 3.05) is 13.1 Å². The topological polar surface area (TPSA) is 98.7 Å². The zero-order chi connectivity index (χ0) is 15.2. The number of primary amides is 1. The van der Waals surface area contributed by atoms with Crippen LogP contribution in [0.5, 0.6) is 0 Å². The summed E-state index contributed by atoms with van der Waals surface area (Å²) in [5.74, 6) is -0.610. The summed E-state index contributed by atoms with van der Waals surface area (Å²) in [6.45, 7) is 9.81. The second kappa shape index (κ2) is 7.33. The first kappa shape index (κ1) is 17.7. The van der Waals surface area contributed by atoms with Gasteiger partial charge in [-0.15, -0.1) is 0 Å². The fourth-order valence-electron chi connectivity index (χ4n) is 1.77. The number of nitrogens with zero attached hydrogens (tertiary/aromatic N) is 1. The van der Waals surface area contributed by atoms with E-state index in [0.29, 0.717) is 19.5 Å². The Morgan fingerprint density at radius 1 is 1.26 bits per heavy atom. The van der Waals surface area contributed by atoms with Gasteiger partial charge in [0.15, 0.2) is 0 Å². The van der Waals surface area contributed by atoms with Crippen molar-refractivity contribution in [1.82, 2.24) is 4.90 Å². The van der Waals surface area contributed by atoms with E-state index in [0.717, 1.165) is 0 Å². The number of hydrogen-bond acceptors (Lipinski definition) is 4. The van der Waals surface area contributed by atoms with Crippen molar-refractivity contribution in [3.8, 4) is 0 Å². The van der Waals surface area contributed by atoms with E-state index in [-0.39, 0.29) is 5.92 Å². The molecular weight excluding hydrogens is 246 g/mol. The average Bonchev–Trinajstić information content (AvgIpc) is 2.19. The minimum Gasteiger partial charge on any atom is -0.444 e. The average molecular weight is 273 g/mol. The van der Waals surface area contributed by atoms with Crippen LogP contribution in [0.4, 0.5) is 4.79 Å². The van der Waals surface area contributed by atoms with Gasteiger partial charge in [-0.3, -0.25) is 9.69 Å². The second-order valence-electron chi connectivity index (χ2n) is 5.91. The van der Waals surface area contributed by atoms with Gasteiger partial charge in [0, 0.05) is 6.54 Å². The number of amides is 2. The van der Waals surface area contributed by atoms with Crippen LogP contribution >= 0.6 is 0 Å². The van der Waals surface area contributed by atoms with Crippen LogP contribution in [0.15, 0.2) is 0 Å². The highest BCUT2D eigenvalue weighted by atomic mass is 16.6. The molecule has 0 aromatic carbocycles. The zero-order valence-corrected chi connectivity index (χ0v) is 12.6. The molecule has 112 valence electrons. The Bertz CT molecular complexity index is 311. The lowest BCUT2D eigenvalue weighted by molar-refractivity contribution is -0.124. The lowest BCUT2D eigenvalue weighted by Crippen LogP contribution is -2.52. The summed E-state index contributed by atoms with van der Waals surface area (Å²) >= 11 is 0. The Morgan fingerprint density at radius 2 is 1.79 bits per heavy atom. The molecule has 0 unspecified atom stereocenters. The Hall–Kier alpha value is -1.30. The molecule has 0 aliphatic carbocycles. The van der Waals surface area contributed by atoms with Gasteiger partial charge in [0.1, 0.15) is 11.6 Å². The van der Waals surface area contributed by atoms with E-state index in [2.05, 4.69) is 0 Å². The maximum absolute atomic E-state index is 12.2. The summed E-state index contributed by atoms with van der Waals surface area (Å²) in [4.78, 5) is 25.1. The smallest absolute Gasteiger partial charge is 0.410 e. The molecule has 2 amide bonds.